The Morgan fingerprint density at radius 2 is 1.92 bits per heavy atom. The summed E-state index contributed by atoms with van der Waals surface area (Å²) in [5.74, 6) is 1.09. The first-order chi connectivity index (χ1) is 12.3. The highest BCUT2D eigenvalue weighted by Crippen LogP contribution is 2.27. The van der Waals surface area contributed by atoms with Gasteiger partial charge in [-0.1, -0.05) is 35.9 Å². The topological polar surface area (TPSA) is 33.1 Å². The van der Waals surface area contributed by atoms with Gasteiger partial charge in [-0.15, -0.1) is 0 Å². The lowest BCUT2D eigenvalue weighted by molar-refractivity contribution is 0.570. The van der Waals surface area contributed by atoms with Crippen LogP contribution in [0.5, 0.6) is 0 Å². The van der Waals surface area contributed by atoms with Crippen molar-refractivity contribution in [2.45, 2.75) is 19.9 Å². The van der Waals surface area contributed by atoms with Crippen molar-refractivity contribution in [3.8, 4) is 0 Å². The van der Waals surface area contributed by atoms with Crippen molar-refractivity contribution >= 4 is 28.6 Å². The van der Waals surface area contributed by atoms with Gasteiger partial charge in [0.05, 0.1) is 11.0 Å². The molecule has 0 bridgehead atoms. The number of nitrogens with zero attached hydrogens (tertiary/aromatic N) is 3. The number of hydrogen-bond acceptors (Lipinski definition) is 3. The zero-order chi connectivity index (χ0) is 17.2. The Labute approximate surface area is 153 Å². The van der Waals surface area contributed by atoms with E-state index in [0.29, 0.717) is 0 Å². The minimum Gasteiger partial charge on any atom is -0.340 e. The Balaban J connectivity index is 1.76. The third-order valence-corrected chi connectivity index (χ3v) is 5.08. The molecule has 1 aromatic heterocycles. The Morgan fingerprint density at radius 3 is 2.68 bits per heavy atom. The van der Waals surface area contributed by atoms with Crippen molar-refractivity contribution in [3.63, 3.8) is 0 Å². The second kappa shape index (κ2) is 7.06. The van der Waals surface area contributed by atoms with Crippen LogP contribution in [0.25, 0.3) is 11.0 Å². The van der Waals surface area contributed by atoms with Crippen LogP contribution in [0.2, 0.25) is 5.02 Å². The molecule has 130 valence electrons. The van der Waals surface area contributed by atoms with Gasteiger partial charge in [0, 0.05) is 37.7 Å². The zero-order valence-corrected chi connectivity index (χ0v) is 15.3. The summed E-state index contributed by atoms with van der Waals surface area (Å²) in [7, 11) is 0. The summed E-state index contributed by atoms with van der Waals surface area (Å²) in [5, 5.41) is 4.20. The fourth-order valence-corrected chi connectivity index (χ4v) is 3.83. The number of aromatic nitrogens is 2. The van der Waals surface area contributed by atoms with E-state index in [1.807, 2.05) is 18.2 Å². The summed E-state index contributed by atoms with van der Waals surface area (Å²) >= 11 is 6.15. The molecule has 0 atom stereocenters. The minimum atomic E-state index is 0.783. The lowest BCUT2D eigenvalue weighted by atomic mass is 10.0. The van der Waals surface area contributed by atoms with E-state index < -0.39 is 0 Å². The molecular formula is C20H23ClN4. The van der Waals surface area contributed by atoms with Gasteiger partial charge in [-0.05, 0) is 42.7 Å². The molecule has 0 radical (unpaired) electrons. The van der Waals surface area contributed by atoms with Crippen LogP contribution in [0.15, 0.2) is 42.5 Å². The van der Waals surface area contributed by atoms with E-state index in [-0.39, 0.29) is 0 Å². The maximum absolute atomic E-state index is 6.15. The molecular weight excluding hydrogens is 332 g/mol. The van der Waals surface area contributed by atoms with E-state index >= 15 is 0 Å². The number of para-hydroxylation sites is 1. The molecule has 0 unspecified atom stereocenters. The summed E-state index contributed by atoms with van der Waals surface area (Å²) in [6.07, 6.45) is 0.847. The normalized spacial score (nSPS) is 15.0. The Hall–Kier alpha value is -2.04. The molecule has 0 saturated carbocycles. The molecule has 2 heterocycles. The molecule has 1 aliphatic rings. The fourth-order valence-electron chi connectivity index (χ4n) is 3.62. The molecule has 0 aliphatic carbocycles. The molecule has 4 nitrogen and oxygen atoms in total. The first-order valence-corrected chi connectivity index (χ1v) is 9.32. The van der Waals surface area contributed by atoms with Gasteiger partial charge in [0.25, 0.3) is 0 Å². The molecule has 4 rings (SSSR count). The number of aryl methyl sites for hydroxylation is 1. The predicted octanol–water partition coefficient (Wildman–Crippen LogP) is 3.71. The maximum Gasteiger partial charge on any atom is 0.206 e. The second-order valence-electron chi connectivity index (χ2n) is 6.48. The monoisotopic (exact) mass is 354 g/mol. The van der Waals surface area contributed by atoms with Crippen molar-refractivity contribution in [3.05, 3.63) is 58.6 Å². The first-order valence-electron chi connectivity index (χ1n) is 8.94. The number of anilines is 1. The average molecular weight is 355 g/mol. The number of nitrogens with one attached hydrogen (secondary N) is 1. The highest BCUT2D eigenvalue weighted by Gasteiger charge is 2.19. The van der Waals surface area contributed by atoms with Crippen LogP contribution < -0.4 is 10.2 Å². The van der Waals surface area contributed by atoms with Crippen molar-refractivity contribution in [1.82, 2.24) is 14.9 Å². The van der Waals surface area contributed by atoms with E-state index in [9.17, 15) is 0 Å². The van der Waals surface area contributed by atoms with Crippen molar-refractivity contribution in [2.24, 2.45) is 0 Å². The van der Waals surface area contributed by atoms with Crippen LogP contribution in [0.1, 0.15) is 18.1 Å². The van der Waals surface area contributed by atoms with E-state index in [1.165, 1.54) is 16.6 Å². The molecule has 2 aromatic carbocycles. The highest BCUT2D eigenvalue weighted by atomic mass is 35.5. The second-order valence-corrected chi connectivity index (χ2v) is 6.92. The highest BCUT2D eigenvalue weighted by molar-refractivity contribution is 6.30. The molecule has 1 saturated heterocycles. The number of benzene rings is 2. The number of piperazine rings is 1. The molecule has 1 aliphatic heterocycles. The van der Waals surface area contributed by atoms with Gasteiger partial charge >= 0.3 is 0 Å². The summed E-state index contributed by atoms with van der Waals surface area (Å²) < 4.78 is 2.34. The van der Waals surface area contributed by atoms with E-state index in [0.717, 1.165) is 55.6 Å². The van der Waals surface area contributed by atoms with Gasteiger partial charge in [0.1, 0.15) is 0 Å². The molecule has 0 spiro atoms. The van der Waals surface area contributed by atoms with Gasteiger partial charge < -0.3 is 14.8 Å². The van der Waals surface area contributed by atoms with Crippen LogP contribution in [0.4, 0.5) is 5.95 Å². The maximum atomic E-state index is 6.15. The number of halogens is 1. The SMILES string of the molecule is CCn1c(N2CCNCC2)nc2c(Cc3cccc(Cl)c3)cccc21. The zero-order valence-electron chi connectivity index (χ0n) is 14.5. The largest absolute Gasteiger partial charge is 0.340 e. The molecule has 25 heavy (non-hydrogen) atoms. The molecule has 1 N–H and O–H groups in total. The van der Waals surface area contributed by atoms with Gasteiger partial charge in [0.2, 0.25) is 5.95 Å². The van der Waals surface area contributed by atoms with Gasteiger partial charge in [0.15, 0.2) is 0 Å². The molecule has 0 amide bonds. The Morgan fingerprint density at radius 1 is 1.12 bits per heavy atom. The number of fused-ring (bicyclic) bond motifs is 1. The Bertz CT molecular complexity index is 881. The van der Waals surface area contributed by atoms with Crippen LogP contribution in [0.3, 0.4) is 0 Å². The third-order valence-electron chi connectivity index (χ3n) is 4.84. The summed E-state index contributed by atoms with van der Waals surface area (Å²) in [6.45, 7) is 7.16. The quantitative estimate of drug-likeness (QED) is 0.775. The molecule has 5 heteroatoms. The van der Waals surface area contributed by atoms with Crippen LogP contribution in [0, 0.1) is 0 Å². The lowest BCUT2D eigenvalue weighted by Crippen LogP contribution is -2.44. The average Bonchev–Trinajstić information content (AvgIpc) is 3.02. The fraction of sp³-hybridized carbons (Fsp3) is 0.350. The van der Waals surface area contributed by atoms with Gasteiger partial charge in [-0.3, -0.25) is 0 Å². The smallest absolute Gasteiger partial charge is 0.206 e. The lowest BCUT2D eigenvalue weighted by Gasteiger charge is -2.28. The predicted molar refractivity (Wildman–Crippen MR) is 105 cm³/mol. The van der Waals surface area contributed by atoms with E-state index in [2.05, 4.69) is 46.0 Å². The number of rotatable bonds is 4. The van der Waals surface area contributed by atoms with E-state index in [1.54, 1.807) is 0 Å². The summed E-state index contributed by atoms with van der Waals surface area (Å²) in [6, 6.07) is 14.6. The molecule has 1 fully saturated rings. The van der Waals surface area contributed by atoms with Gasteiger partial charge in [-0.2, -0.15) is 0 Å². The van der Waals surface area contributed by atoms with Crippen LogP contribution >= 0.6 is 11.6 Å². The number of hydrogen-bond donors (Lipinski definition) is 1. The Kier molecular flexibility index (Phi) is 4.64. The van der Waals surface area contributed by atoms with Gasteiger partial charge in [-0.25, -0.2) is 4.98 Å². The van der Waals surface area contributed by atoms with Crippen LogP contribution in [-0.4, -0.2) is 35.7 Å². The van der Waals surface area contributed by atoms with Crippen molar-refractivity contribution < 1.29 is 0 Å². The standard InChI is InChI=1S/C20H23ClN4/c1-2-25-18-8-4-6-16(13-15-5-3-7-17(21)14-15)19(18)23-20(25)24-11-9-22-10-12-24/h3-8,14,22H,2,9-13H2,1H3. The van der Waals surface area contributed by atoms with Crippen LogP contribution in [-0.2, 0) is 13.0 Å². The van der Waals surface area contributed by atoms with Crippen molar-refractivity contribution in [2.75, 3.05) is 31.1 Å². The molecule has 3 aromatic rings. The van der Waals surface area contributed by atoms with Crippen molar-refractivity contribution in [1.29, 1.82) is 0 Å². The summed E-state index contributed by atoms with van der Waals surface area (Å²) in [5.41, 5.74) is 4.80. The summed E-state index contributed by atoms with van der Waals surface area (Å²) in [4.78, 5) is 7.45. The van der Waals surface area contributed by atoms with E-state index in [4.69, 9.17) is 16.6 Å². The minimum absolute atomic E-state index is 0.783. The third kappa shape index (κ3) is 3.24. The number of imidazole rings is 1. The first kappa shape index (κ1) is 16.4.